The van der Waals surface area contributed by atoms with Crippen LogP contribution in [-0.2, 0) is 16.1 Å². The maximum atomic E-state index is 13.2. The lowest BCUT2D eigenvalue weighted by Gasteiger charge is -2.26. The van der Waals surface area contributed by atoms with E-state index in [1.165, 1.54) is 6.07 Å². The van der Waals surface area contributed by atoms with Crippen molar-refractivity contribution in [3.05, 3.63) is 111 Å². The van der Waals surface area contributed by atoms with Gasteiger partial charge < -0.3 is 14.6 Å². The summed E-state index contributed by atoms with van der Waals surface area (Å²) in [5.74, 6) is -0.384. The van der Waals surface area contributed by atoms with E-state index >= 15 is 0 Å². The molecule has 39 heavy (non-hydrogen) atoms. The Hall–Kier alpha value is -3.72. The van der Waals surface area contributed by atoms with Crippen LogP contribution < -0.4 is 5.32 Å². The number of nitrogens with one attached hydrogen (secondary N) is 1. The third-order valence-electron chi connectivity index (χ3n) is 7.19. The summed E-state index contributed by atoms with van der Waals surface area (Å²) < 4.78 is 7.50. The second-order valence-corrected chi connectivity index (χ2v) is 10.2. The summed E-state index contributed by atoms with van der Waals surface area (Å²) in [4.78, 5) is 26.8. The number of benzene rings is 3. The molecule has 2 heterocycles. The zero-order valence-electron chi connectivity index (χ0n) is 21.6. The van der Waals surface area contributed by atoms with Gasteiger partial charge in [0.1, 0.15) is 0 Å². The van der Waals surface area contributed by atoms with Gasteiger partial charge in [-0.3, -0.25) is 19.8 Å². The highest BCUT2D eigenvalue weighted by molar-refractivity contribution is 6.30. The summed E-state index contributed by atoms with van der Waals surface area (Å²) in [7, 11) is 0. The third-order valence-corrected chi connectivity index (χ3v) is 7.45. The number of morpholine rings is 1. The molecule has 1 N–H and O–H groups in total. The van der Waals surface area contributed by atoms with Crippen LogP contribution in [0.25, 0.3) is 10.9 Å². The van der Waals surface area contributed by atoms with Crippen LogP contribution in [0.1, 0.15) is 29.0 Å². The lowest BCUT2D eigenvalue weighted by molar-refractivity contribution is -0.384. The number of non-ortho nitro benzene ring substituents is 1. The normalized spacial score (nSPS) is 14.8. The highest BCUT2D eigenvalue weighted by Gasteiger charge is 2.24. The van der Waals surface area contributed by atoms with E-state index in [2.05, 4.69) is 26.9 Å². The van der Waals surface area contributed by atoms with E-state index in [9.17, 15) is 14.9 Å². The van der Waals surface area contributed by atoms with Gasteiger partial charge in [-0.2, -0.15) is 0 Å². The first-order valence-corrected chi connectivity index (χ1v) is 13.5. The molecule has 0 spiro atoms. The first-order valence-electron chi connectivity index (χ1n) is 13.1. The Morgan fingerprint density at radius 3 is 2.51 bits per heavy atom. The average Bonchev–Trinajstić information content (AvgIpc) is 3.30. The van der Waals surface area contributed by atoms with Crippen molar-refractivity contribution < 1.29 is 14.5 Å². The zero-order valence-corrected chi connectivity index (χ0v) is 22.3. The summed E-state index contributed by atoms with van der Waals surface area (Å²) in [5, 5.41) is 16.1. The minimum absolute atomic E-state index is 0.0195. The maximum Gasteiger partial charge on any atom is 0.270 e. The molecule has 5 rings (SSSR count). The molecule has 1 fully saturated rings. The van der Waals surface area contributed by atoms with Crippen molar-refractivity contribution in [3.63, 3.8) is 0 Å². The predicted octanol–water partition coefficient (Wildman–Crippen LogP) is 5.22. The Labute approximate surface area is 232 Å². The minimum atomic E-state index is -0.382. The van der Waals surface area contributed by atoms with Gasteiger partial charge in [0.05, 0.1) is 18.1 Å². The molecule has 1 aliphatic heterocycles. The molecule has 1 unspecified atom stereocenters. The van der Waals surface area contributed by atoms with Crippen molar-refractivity contribution in [2.24, 2.45) is 0 Å². The summed E-state index contributed by atoms with van der Waals surface area (Å²) in [6.07, 6.45) is 2.24. The van der Waals surface area contributed by atoms with Gasteiger partial charge in [0, 0.05) is 79.3 Å². The number of aromatic nitrogens is 1. The van der Waals surface area contributed by atoms with Gasteiger partial charge in [0.25, 0.3) is 5.69 Å². The number of carbonyl (C=O) groups is 1. The number of hydrogen-bond donors (Lipinski definition) is 1. The predicted molar refractivity (Wildman–Crippen MR) is 152 cm³/mol. The van der Waals surface area contributed by atoms with Crippen LogP contribution in [0.15, 0.2) is 79.0 Å². The van der Waals surface area contributed by atoms with Crippen LogP contribution in [-0.4, -0.2) is 59.7 Å². The van der Waals surface area contributed by atoms with Gasteiger partial charge >= 0.3 is 0 Å². The topological polar surface area (TPSA) is 89.6 Å². The molecule has 0 aliphatic carbocycles. The fraction of sp³-hybridized carbons (Fsp3) is 0.300. The number of nitro groups is 1. The van der Waals surface area contributed by atoms with Crippen molar-refractivity contribution in [3.8, 4) is 0 Å². The average molecular weight is 547 g/mol. The van der Waals surface area contributed by atoms with Gasteiger partial charge in [-0.05, 0) is 34.9 Å². The minimum Gasteiger partial charge on any atom is -0.379 e. The lowest BCUT2D eigenvalue weighted by Crippen LogP contribution is -2.41. The largest absolute Gasteiger partial charge is 0.379 e. The Bertz CT molecular complexity index is 1430. The third kappa shape index (κ3) is 6.65. The van der Waals surface area contributed by atoms with Crippen LogP contribution in [0.5, 0.6) is 0 Å². The summed E-state index contributed by atoms with van der Waals surface area (Å²) >= 11 is 6.18. The van der Waals surface area contributed by atoms with Crippen molar-refractivity contribution in [2.75, 3.05) is 39.4 Å². The van der Waals surface area contributed by atoms with E-state index in [1.54, 1.807) is 12.1 Å². The molecule has 1 saturated heterocycles. The van der Waals surface area contributed by atoms with E-state index in [0.29, 0.717) is 31.3 Å². The molecule has 9 heteroatoms. The Morgan fingerprint density at radius 2 is 1.79 bits per heavy atom. The second-order valence-electron chi connectivity index (χ2n) is 9.77. The summed E-state index contributed by atoms with van der Waals surface area (Å²) in [6, 6.07) is 22.5. The number of halogens is 1. The van der Waals surface area contributed by atoms with Crippen molar-refractivity contribution in [2.45, 2.75) is 18.9 Å². The van der Waals surface area contributed by atoms with E-state index in [-0.39, 0.29) is 28.9 Å². The lowest BCUT2D eigenvalue weighted by atomic mass is 9.88. The fourth-order valence-electron chi connectivity index (χ4n) is 5.15. The van der Waals surface area contributed by atoms with Crippen LogP contribution in [0.4, 0.5) is 5.69 Å². The van der Waals surface area contributed by atoms with E-state index < -0.39 is 0 Å². The van der Waals surface area contributed by atoms with E-state index in [1.807, 2.05) is 48.7 Å². The molecule has 1 aromatic heterocycles. The fourth-order valence-corrected chi connectivity index (χ4v) is 5.28. The molecule has 1 amide bonds. The standard InChI is InChI=1S/C30H31ClN4O4/c31-24-8-6-23(7-9-24)26(19-30(36)32-12-13-33-14-16-39-17-15-33)28-21-34(20-22-4-2-1-3-5-22)29-11-10-25(35(37)38)18-27(28)29/h1-11,18,21,26H,12-17,19-20H2,(H,32,36). The Kier molecular flexibility index (Phi) is 8.56. The quantitative estimate of drug-likeness (QED) is 0.217. The monoisotopic (exact) mass is 546 g/mol. The number of hydrogen-bond acceptors (Lipinski definition) is 5. The van der Waals surface area contributed by atoms with Crippen molar-refractivity contribution in [1.82, 2.24) is 14.8 Å². The second kappa shape index (κ2) is 12.4. The number of nitrogens with zero attached hydrogens (tertiary/aromatic N) is 3. The van der Waals surface area contributed by atoms with Gasteiger partial charge in [-0.1, -0.05) is 54.1 Å². The molecule has 0 bridgehead atoms. The molecule has 3 aromatic carbocycles. The number of amides is 1. The number of nitro benzene ring substituents is 1. The van der Waals surface area contributed by atoms with Gasteiger partial charge in [-0.15, -0.1) is 0 Å². The van der Waals surface area contributed by atoms with Gasteiger partial charge in [-0.25, -0.2) is 0 Å². The molecule has 1 aliphatic rings. The van der Waals surface area contributed by atoms with Crippen LogP contribution in [0, 0.1) is 10.1 Å². The van der Waals surface area contributed by atoms with E-state index in [4.69, 9.17) is 16.3 Å². The highest BCUT2D eigenvalue weighted by atomic mass is 35.5. The number of fused-ring (bicyclic) bond motifs is 1. The van der Waals surface area contributed by atoms with E-state index in [0.717, 1.165) is 47.2 Å². The Balaban J connectivity index is 1.48. The molecule has 0 radical (unpaired) electrons. The van der Waals surface area contributed by atoms with Gasteiger partial charge in [0.15, 0.2) is 0 Å². The summed E-state index contributed by atoms with van der Waals surface area (Å²) in [6.45, 7) is 5.08. The number of ether oxygens (including phenoxy) is 1. The molecule has 4 aromatic rings. The SMILES string of the molecule is O=C(CC(c1ccc(Cl)cc1)c1cn(Cc2ccccc2)c2ccc([N+](=O)[O-])cc12)NCCN1CCOCC1. The molecule has 8 nitrogen and oxygen atoms in total. The van der Waals surface area contributed by atoms with Crippen LogP contribution in [0.3, 0.4) is 0 Å². The van der Waals surface area contributed by atoms with Crippen molar-refractivity contribution in [1.29, 1.82) is 0 Å². The first-order chi connectivity index (χ1) is 19.0. The smallest absolute Gasteiger partial charge is 0.270 e. The number of rotatable bonds is 10. The highest BCUT2D eigenvalue weighted by Crippen LogP contribution is 2.37. The Morgan fingerprint density at radius 1 is 1.05 bits per heavy atom. The summed E-state index contributed by atoms with van der Waals surface area (Å²) in [5.41, 5.74) is 3.81. The maximum absolute atomic E-state index is 13.2. The van der Waals surface area contributed by atoms with Crippen LogP contribution in [0.2, 0.25) is 5.02 Å². The molecule has 202 valence electrons. The number of carbonyl (C=O) groups excluding carboxylic acids is 1. The zero-order chi connectivity index (χ0) is 27.2. The first kappa shape index (κ1) is 26.9. The molecule has 0 saturated carbocycles. The van der Waals surface area contributed by atoms with Gasteiger partial charge in [0.2, 0.25) is 5.91 Å². The molecular weight excluding hydrogens is 516 g/mol. The molecule has 1 atom stereocenters. The van der Waals surface area contributed by atoms with Crippen LogP contribution >= 0.6 is 11.6 Å². The van der Waals surface area contributed by atoms with Crippen molar-refractivity contribution >= 4 is 34.1 Å². The molecular formula is C30H31ClN4O4.